The maximum absolute atomic E-state index is 14.2. The van der Waals surface area contributed by atoms with E-state index >= 15 is 0 Å². The van der Waals surface area contributed by atoms with Crippen LogP contribution < -0.4 is 5.32 Å². The van der Waals surface area contributed by atoms with Crippen molar-refractivity contribution in [2.24, 2.45) is 0 Å². The highest BCUT2D eigenvalue weighted by atomic mass is 16.2. The fourth-order valence-corrected chi connectivity index (χ4v) is 5.74. The minimum atomic E-state index is -0.783. The van der Waals surface area contributed by atoms with Crippen molar-refractivity contribution < 1.29 is 14.4 Å². The van der Waals surface area contributed by atoms with Crippen molar-refractivity contribution in [3.05, 3.63) is 102 Å². The van der Waals surface area contributed by atoms with Crippen LogP contribution in [-0.2, 0) is 22.7 Å². The standard InChI is InChI=1S/C33H38N6O3/c1-3-18-37(33(42)34-19-24-12-7-5-8-13-24)21-27-22-38(20-26-16-11-17-28-30(26)36-23-35-28)32(41)31(39(27)29(40)4-2)25-14-9-6-10-15-25/h5-17,23,27,31H,3-4,18-22H2,1-2H3,(H,34,42)(H,35,36)/t27-,31-/m0/s1. The Morgan fingerprint density at radius 3 is 2.45 bits per heavy atom. The maximum atomic E-state index is 14.2. The van der Waals surface area contributed by atoms with Gasteiger partial charge in [-0.1, -0.05) is 86.6 Å². The molecule has 42 heavy (non-hydrogen) atoms. The number of imidazole rings is 1. The zero-order valence-electron chi connectivity index (χ0n) is 24.2. The Morgan fingerprint density at radius 1 is 1.00 bits per heavy atom. The number of nitrogens with one attached hydrogen (secondary N) is 2. The van der Waals surface area contributed by atoms with E-state index < -0.39 is 12.1 Å². The number of para-hydroxylation sites is 1. The van der Waals surface area contributed by atoms with E-state index in [1.165, 1.54) is 0 Å². The van der Waals surface area contributed by atoms with Gasteiger partial charge in [0.15, 0.2) is 0 Å². The number of amides is 4. The van der Waals surface area contributed by atoms with Crippen LogP contribution in [-0.4, -0.2) is 68.2 Å². The first kappa shape index (κ1) is 28.9. The van der Waals surface area contributed by atoms with Crippen LogP contribution in [0.1, 0.15) is 49.4 Å². The van der Waals surface area contributed by atoms with Crippen LogP contribution in [0.15, 0.2) is 85.2 Å². The quantitative estimate of drug-likeness (QED) is 0.286. The topological polar surface area (TPSA) is 102 Å². The number of hydrogen-bond acceptors (Lipinski definition) is 4. The number of aromatic nitrogens is 2. The summed E-state index contributed by atoms with van der Waals surface area (Å²) in [7, 11) is 0. The molecule has 1 aliphatic rings. The highest BCUT2D eigenvalue weighted by Crippen LogP contribution is 2.33. The van der Waals surface area contributed by atoms with Crippen LogP contribution in [0.3, 0.4) is 0 Å². The lowest BCUT2D eigenvalue weighted by atomic mass is 9.96. The molecule has 9 nitrogen and oxygen atoms in total. The number of carbonyl (C=O) groups is 3. The minimum Gasteiger partial charge on any atom is -0.344 e. The van der Waals surface area contributed by atoms with E-state index in [1.807, 2.05) is 97.6 Å². The number of hydrogen-bond donors (Lipinski definition) is 2. The van der Waals surface area contributed by atoms with Crippen molar-refractivity contribution in [2.75, 3.05) is 19.6 Å². The molecule has 1 aromatic heterocycles. The summed E-state index contributed by atoms with van der Waals surface area (Å²) in [5.74, 6) is -0.245. The third kappa shape index (κ3) is 6.30. The molecule has 1 aliphatic heterocycles. The van der Waals surface area contributed by atoms with Gasteiger partial charge in [0.2, 0.25) is 11.8 Å². The van der Waals surface area contributed by atoms with E-state index in [4.69, 9.17) is 0 Å². The SMILES string of the molecule is CCCN(C[C@H]1CN(Cc2cccc3nc[nH]c23)C(=O)[C@H](c2ccccc2)N1C(=O)CC)C(=O)NCc1ccccc1. The molecule has 0 spiro atoms. The second-order valence-corrected chi connectivity index (χ2v) is 10.6. The molecule has 2 heterocycles. The lowest BCUT2D eigenvalue weighted by Crippen LogP contribution is -2.62. The normalized spacial score (nSPS) is 17.0. The van der Waals surface area contributed by atoms with Crippen LogP contribution >= 0.6 is 0 Å². The fraction of sp³-hybridized carbons (Fsp3) is 0.333. The third-order valence-electron chi connectivity index (χ3n) is 7.75. The summed E-state index contributed by atoms with van der Waals surface area (Å²) in [6.45, 7) is 5.76. The molecule has 0 aliphatic carbocycles. The van der Waals surface area contributed by atoms with Crippen LogP contribution in [0.25, 0.3) is 11.0 Å². The Kier molecular flexibility index (Phi) is 9.16. The van der Waals surface area contributed by atoms with Crippen molar-refractivity contribution >= 4 is 28.9 Å². The summed E-state index contributed by atoms with van der Waals surface area (Å²) in [5, 5.41) is 3.04. The van der Waals surface area contributed by atoms with Gasteiger partial charge in [-0.15, -0.1) is 0 Å². The van der Waals surface area contributed by atoms with Crippen LogP contribution in [0.5, 0.6) is 0 Å². The first-order valence-corrected chi connectivity index (χ1v) is 14.6. The van der Waals surface area contributed by atoms with Gasteiger partial charge in [-0.05, 0) is 29.2 Å². The second-order valence-electron chi connectivity index (χ2n) is 10.6. The zero-order chi connectivity index (χ0) is 29.5. The Morgan fingerprint density at radius 2 is 1.74 bits per heavy atom. The molecule has 3 aromatic carbocycles. The Bertz CT molecular complexity index is 1510. The van der Waals surface area contributed by atoms with Gasteiger partial charge in [0.05, 0.1) is 23.4 Å². The molecule has 1 saturated heterocycles. The molecule has 0 radical (unpaired) electrons. The van der Waals surface area contributed by atoms with Gasteiger partial charge in [0, 0.05) is 39.1 Å². The number of benzene rings is 3. The van der Waals surface area contributed by atoms with Gasteiger partial charge >= 0.3 is 6.03 Å². The highest BCUT2D eigenvalue weighted by molar-refractivity contribution is 5.90. The molecular weight excluding hydrogens is 528 g/mol. The fourth-order valence-electron chi connectivity index (χ4n) is 5.74. The zero-order valence-corrected chi connectivity index (χ0v) is 24.2. The first-order valence-electron chi connectivity index (χ1n) is 14.6. The predicted octanol–water partition coefficient (Wildman–Crippen LogP) is 4.88. The number of nitrogens with zero attached hydrogens (tertiary/aromatic N) is 4. The lowest BCUT2D eigenvalue weighted by molar-refractivity contribution is -0.157. The molecule has 5 rings (SSSR count). The predicted molar refractivity (Wildman–Crippen MR) is 162 cm³/mol. The first-order chi connectivity index (χ1) is 20.5. The van der Waals surface area contributed by atoms with Crippen molar-refractivity contribution in [3.63, 3.8) is 0 Å². The summed E-state index contributed by atoms with van der Waals surface area (Å²) in [6, 6.07) is 23.7. The van der Waals surface area contributed by atoms with E-state index in [2.05, 4.69) is 15.3 Å². The maximum Gasteiger partial charge on any atom is 0.317 e. The van der Waals surface area contributed by atoms with E-state index in [0.717, 1.165) is 34.1 Å². The minimum absolute atomic E-state index is 0.112. The second kappa shape index (κ2) is 13.3. The summed E-state index contributed by atoms with van der Waals surface area (Å²) in [5.41, 5.74) is 4.44. The molecule has 218 valence electrons. The molecule has 2 N–H and O–H groups in total. The Hall–Kier alpha value is -4.66. The molecule has 9 heteroatoms. The van der Waals surface area contributed by atoms with Gasteiger partial charge in [-0.2, -0.15) is 0 Å². The van der Waals surface area contributed by atoms with Crippen LogP contribution in [0.2, 0.25) is 0 Å². The Balaban J connectivity index is 1.47. The number of fused-ring (bicyclic) bond motifs is 1. The molecule has 1 fully saturated rings. The Labute approximate surface area is 246 Å². The number of H-pyrrole nitrogens is 1. The summed E-state index contributed by atoms with van der Waals surface area (Å²) >= 11 is 0. The van der Waals surface area contributed by atoms with E-state index in [0.29, 0.717) is 32.7 Å². The highest BCUT2D eigenvalue weighted by Gasteiger charge is 2.44. The monoisotopic (exact) mass is 566 g/mol. The molecule has 4 aromatic rings. The summed E-state index contributed by atoms with van der Waals surface area (Å²) in [4.78, 5) is 54.1. The number of urea groups is 1. The molecule has 0 unspecified atom stereocenters. The van der Waals surface area contributed by atoms with Crippen LogP contribution in [0.4, 0.5) is 4.79 Å². The molecular formula is C33H38N6O3. The van der Waals surface area contributed by atoms with E-state index in [9.17, 15) is 14.4 Å². The van der Waals surface area contributed by atoms with E-state index in [1.54, 1.807) is 16.1 Å². The van der Waals surface area contributed by atoms with Gasteiger partial charge in [-0.3, -0.25) is 9.59 Å². The molecule has 2 atom stereocenters. The van der Waals surface area contributed by atoms with Gasteiger partial charge < -0.3 is 25.0 Å². The number of carbonyl (C=O) groups excluding carboxylic acids is 3. The van der Waals surface area contributed by atoms with Crippen molar-refractivity contribution in [1.82, 2.24) is 30.0 Å². The number of aromatic amines is 1. The van der Waals surface area contributed by atoms with Gasteiger partial charge in [0.1, 0.15) is 6.04 Å². The smallest absolute Gasteiger partial charge is 0.317 e. The summed E-state index contributed by atoms with van der Waals surface area (Å²) < 4.78 is 0. The van der Waals surface area contributed by atoms with Crippen molar-refractivity contribution in [1.29, 1.82) is 0 Å². The van der Waals surface area contributed by atoms with Crippen molar-refractivity contribution in [3.8, 4) is 0 Å². The summed E-state index contributed by atoms with van der Waals surface area (Å²) in [6.07, 6.45) is 2.68. The molecule has 4 amide bonds. The molecule has 0 bridgehead atoms. The molecule has 0 saturated carbocycles. The average Bonchev–Trinajstić information content (AvgIpc) is 3.51. The average molecular weight is 567 g/mol. The number of piperazine rings is 1. The lowest BCUT2D eigenvalue weighted by Gasteiger charge is -2.47. The number of rotatable bonds is 10. The van der Waals surface area contributed by atoms with Gasteiger partial charge in [-0.25, -0.2) is 9.78 Å². The largest absolute Gasteiger partial charge is 0.344 e. The van der Waals surface area contributed by atoms with Crippen molar-refractivity contribution in [2.45, 2.75) is 51.9 Å². The third-order valence-corrected chi connectivity index (χ3v) is 7.75. The van der Waals surface area contributed by atoms with Gasteiger partial charge in [0.25, 0.3) is 0 Å². The van der Waals surface area contributed by atoms with E-state index in [-0.39, 0.29) is 24.3 Å². The van der Waals surface area contributed by atoms with Crippen LogP contribution in [0, 0.1) is 0 Å².